The van der Waals surface area contributed by atoms with Crippen molar-refractivity contribution in [3.8, 4) is 6.07 Å². The largest absolute Gasteiger partial charge is 0.378 e. The fraction of sp³-hybridized carbons (Fsp3) is 0.529. The summed E-state index contributed by atoms with van der Waals surface area (Å²) in [7, 11) is 3.99. The van der Waals surface area contributed by atoms with Crippen LogP contribution in [0.15, 0.2) is 24.3 Å². The second-order valence-electron chi connectivity index (χ2n) is 6.33. The Hall–Kier alpha value is -2.02. The van der Waals surface area contributed by atoms with E-state index in [0.29, 0.717) is 13.0 Å². The van der Waals surface area contributed by atoms with E-state index in [4.69, 9.17) is 0 Å². The molecule has 0 radical (unpaired) electrons. The Morgan fingerprint density at radius 1 is 1.38 bits per heavy atom. The summed E-state index contributed by atoms with van der Waals surface area (Å²) in [5.74, 6) is 0.119. The lowest BCUT2D eigenvalue weighted by Gasteiger charge is -2.36. The van der Waals surface area contributed by atoms with Gasteiger partial charge in [-0.25, -0.2) is 0 Å². The molecule has 4 nitrogen and oxygen atoms in total. The van der Waals surface area contributed by atoms with Gasteiger partial charge in [-0.05, 0) is 37.5 Å². The molecule has 0 spiro atoms. The summed E-state index contributed by atoms with van der Waals surface area (Å²) in [5, 5.41) is 9.23. The van der Waals surface area contributed by atoms with E-state index in [9.17, 15) is 10.1 Å². The second kappa shape index (κ2) is 6.17. The Bertz CT molecular complexity index is 544. The monoisotopic (exact) mass is 285 g/mol. The Kier molecular flexibility index (Phi) is 4.52. The summed E-state index contributed by atoms with van der Waals surface area (Å²) < 4.78 is 0. The van der Waals surface area contributed by atoms with Crippen LogP contribution in [0.2, 0.25) is 0 Å². The van der Waals surface area contributed by atoms with Crippen LogP contribution >= 0.6 is 0 Å². The normalized spacial score (nSPS) is 21.7. The highest BCUT2D eigenvalue weighted by Gasteiger charge is 2.32. The standard InChI is InChI=1S/C17H23N3O/c1-17(12-18)9-4-10-20(13-17)16(21)11-14-5-7-15(8-6-14)19(2)3/h5-8H,4,9-11,13H2,1-3H3/t17-/m0/s1. The van der Waals surface area contributed by atoms with Crippen LogP contribution in [-0.4, -0.2) is 38.0 Å². The molecular weight excluding hydrogens is 262 g/mol. The molecule has 0 bridgehead atoms. The average molecular weight is 285 g/mol. The minimum atomic E-state index is -0.386. The van der Waals surface area contributed by atoms with Crippen LogP contribution in [0.5, 0.6) is 0 Å². The number of piperidine rings is 1. The number of hydrogen-bond acceptors (Lipinski definition) is 3. The maximum absolute atomic E-state index is 12.4. The number of rotatable bonds is 3. The lowest BCUT2D eigenvalue weighted by molar-refractivity contribution is -0.132. The predicted molar refractivity (Wildman–Crippen MR) is 84.0 cm³/mol. The zero-order valence-corrected chi connectivity index (χ0v) is 13.1. The van der Waals surface area contributed by atoms with Gasteiger partial charge in [-0.2, -0.15) is 5.26 Å². The minimum absolute atomic E-state index is 0.119. The average Bonchev–Trinajstić information content (AvgIpc) is 2.48. The molecule has 2 rings (SSSR count). The molecule has 0 aromatic heterocycles. The first-order valence-corrected chi connectivity index (χ1v) is 7.39. The van der Waals surface area contributed by atoms with Gasteiger partial charge in [0.15, 0.2) is 0 Å². The van der Waals surface area contributed by atoms with Crippen LogP contribution in [0.3, 0.4) is 0 Å². The van der Waals surface area contributed by atoms with Gasteiger partial charge in [0.1, 0.15) is 0 Å². The van der Waals surface area contributed by atoms with Crippen LogP contribution in [0, 0.1) is 16.7 Å². The molecule has 0 saturated carbocycles. The van der Waals surface area contributed by atoms with Crippen molar-refractivity contribution in [2.75, 3.05) is 32.1 Å². The first-order valence-electron chi connectivity index (χ1n) is 7.39. The summed E-state index contributed by atoms with van der Waals surface area (Å²) in [5.41, 5.74) is 1.76. The van der Waals surface area contributed by atoms with E-state index in [-0.39, 0.29) is 11.3 Å². The number of benzene rings is 1. The number of nitrogens with zero attached hydrogens (tertiary/aromatic N) is 3. The first kappa shape index (κ1) is 15.4. The van der Waals surface area contributed by atoms with Crippen molar-refractivity contribution in [3.05, 3.63) is 29.8 Å². The Morgan fingerprint density at radius 3 is 2.62 bits per heavy atom. The van der Waals surface area contributed by atoms with Crippen molar-refractivity contribution in [1.82, 2.24) is 4.90 Å². The lowest BCUT2D eigenvalue weighted by atomic mass is 9.83. The van der Waals surface area contributed by atoms with Crippen LogP contribution in [0.4, 0.5) is 5.69 Å². The van der Waals surface area contributed by atoms with Gasteiger partial charge in [-0.3, -0.25) is 4.79 Å². The van der Waals surface area contributed by atoms with Crippen molar-refractivity contribution in [2.24, 2.45) is 5.41 Å². The number of anilines is 1. The number of likely N-dealkylation sites (tertiary alicyclic amines) is 1. The molecule has 1 heterocycles. The SMILES string of the molecule is CN(C)c1ccc(CC(=O)N2CCC[C@@](C)(C#N)C2)cc1. The molecule has 0 unspecified atom stereocenters. The molecule has 1 atom stereocenters. The second-order valence-corrected chi connectivity index (χ2v) is 6.33. The number of hydrogen-bond donors (Lipinski definition) is 0. The molecule has 1 aliphatic heterocycles. The third-order valence-corrected chi connectivity index (χ3v) is 4.13. The third-order valence-electron chi connectivity index (χ3n) is 4.13. The zero-order valence-electron chi connectivity index (χ0n) is 13.1. The Labute approximate surface area is 127 Å². The quantitative estimate of drug-likeness (QED) is 0.857. The van der Waals surface area contributed by atoms with Gasteiger partial charge in [-0.1, -0.05) is 12.1 Å². The van der Waals surface area contributed by atoms with Gasteiger partial charge in [0.05, 0.1) is 17.9 Å². The smallest absolute Gasteiger partial charge is 0.227 e. The lowest BCUT2D eigenvalue weighted by Crippen LogP contribution is -2.44. The van der Waals surface area contributed by atoms with E-state index in [0.717, 1.165) is 30.6 Å². The van der Waals surface area contributed by atoms with Crippen molar-refractivity contribution >= 4 is 11.6 Å². The van der Waals surface area contributed by atoms with Gasteiger partial charge < -0.3 is 9.80 Å². The van der Waals surface area contributed by atoms with E-state index in [1.165, 1.54) is 0 Å². The van der Waals surface area contributed by atoms with E-state index < -0.39 is 0 Å². The minimum Gasteiger partial charge on any atom is -0.378 e. The maximum Gasteiger partial charge on any atom is 0.227 e. The van der Waals surface area contributed by atoms with Crippen molar-refractivity contribution < 1.29 is 4.79 Å². The maximum atomic E-state index is 12.4. The van der Waals surface area contributed by atoms with Crippen molar-refractivity contribution in [3.63, 3.8) is 0 Å². The fourth-order valence-electron chi connectivity index (χ4n) is 2.74. The highest BCUT2D eigenvalue weighted by atomic mass is 16.2. The molecule has 21 heavy (non-hydrogen) atoms. The van der Waals surface area contributed by atoms with E-state index in [1.54, 1.807) is 0 Å². The van der Waals surface area contributed by atoms with Gasteiger partial charge in [0.2, 0.25) is 5.91 Å². The van der Waals surface area contributed by atoms with E-state index >= 15 is 0 Å². The van der Waals surface area contributed by atoms with E-state index in [2.05, 4.69) is 6.07 Å². The molecule has 0 N–H and O–H groups in total. The summed E-state index contributed by atoms with van der Waals surface area (Å²) in [6.45, 7) is 3.27. The third kappa shape index (κ3) is 3.75. The molecule has 1 aromatic carbocycles. The fourth-order valence-corrected chi connectivity index (χ4v) is 2.74. The molecule has 1 saturated heterocycles. The topological polar surface area (TPSA) is 47.3 Å². The van der Waals surface area contributed by atoms with Crippen LogP contribution in [0.25, 0.3) is 0 Å². The first-order chi connectivity index (χ1) is 9.93. The Balaban J connectivity index is 1.99. The molecule has 112 valence electrons. The highest BCUT2D eigenvalue weighted by molar-refractivity contribution is 5.79. The van der Waals surface area contributed by atoms with Crippen molar-refractivity contribution in [1.29, 1.82) is 5.26 Å². The molecule has 1 amide bonds. The summed E-state index contributed by atoms with van der Waals surface area (Å²) in [4.78, 5) is 16.3. The highest BCUT2D eigenvalue weighted by Crippen LogP contribution is 2.28. The van der Waals surface area contributed by atoms with Crippen LogP contribution < -0.4 is 4.90 Å². The molecule has 0 aliphatic carbocycles. The van der Waals surface area contributed by atoms with Crippen LogP contribution in [-0.2, 0) is 11.2 Å². The molecular formula is C17H23N3O. The van der Waals surface area contributed by atoms with Crippen molar-refractivity contribution in [2.45, 2.75) is 26.2 Å². The molecule has 1 fully saturated rings. The summed E-state index contributed by atoms with van der Waals surface area (Å²) in [6, 6.07) is 10.4. The summed E-state index contributed by atoms with van der Waals surface area (Å²) >= 11 is 0. The number of nitriles is 1. The number of amides is 1. The van der Waals surface area contributed by atoms with Gasteiger partial charge in [0, 0.05) is 32.9 Å². The number of carbonyl (C=O) groups excluding carboxylic acids is 1. The number of carbonyl (C=O) groups is 1. The van der Waals surface area contributed by atoms with Gasteiger partial charge >= 0.3 is 0 Å². The molecule has 1 aliphatic rings. The summed E-state index contributed by atoms with van der Waals surface area (Å²) in [6.07, 6.45) is 2.20. The van der Waals surface area contributed by atoms with Crippen LogP contribution in [0.1, 0.15) is 25.3 Å². The molecule has 4 heteroatoms. The van der Waals surface area contributed by atoms with Gasteiger partial charge in [-0.15, -0.1) is 0 Å². The predicted octanol–water partition coefficient (Wildman–Crippen LogP) is 2.45. The zero-order chi connectivity index (χ0) is 15.5. The Morgan fingerprint density at radius 2 is 2.05 bits per heavy atom. The van der Waals surface area contributed by atoms with Gasteiger partial charge in [0.25, 0.3) is 0 Å². The molecule has 1 aromatic rings. The van der Waals surface area contributed by atoms with E-state index in [1.807, 2.05) is 55.1 Å².